The second-order valence-electron chi connectivity index (χ2n) is 2.52. The Morgan fingerprint density at radius 3 is 1.86 bits per heavy atom. The molecule has 0 saturated heterocycles. The van der Waals surface area contributed by atoms with Crippen molar-refractivity contribution in [2.45, 2.75) is 39.0 Å². The van der Waals surface area contributed by atoms with Crippen molar-refractivity contribution < 1.29 is 0 Å². The van der Waals surface area contributed by atoms with E-state index in [0.717, 1.165) is 0 Å². The van der Waals surface area contributed by atoms with Crippen LogP contribution in [0.15, 0.2) is 0 Å². The molecule has 0 heteroatoms. The van der Waals surface area contributed by atoms with Crippen molar-refractivity contribution in [3.63, 3.8) is 0 Å². The van der Waals surface area contributed by atoms with Gasteiger partial charge in [0, 0.05) is 0 Å². The van der Waals surface area contributed by atoms with E-state index in [1.54, 1.807) is 5.92 Å². The van der Waals surface area contributed by atoms with Crippen molar-refractivity contribution in [2.75, 3.05) is 0 Å². The molecule has 1 saturated carbocycles. The summed E-state index contributed by atoms with van der Waals surface area (Å²) in [6.45, 7) is 2.28. The van der Waals surface area contributed by atoms with Crippen molar-refractivity contribution in [1.29, 1.82) is 0 Å². The summed E-state index contributed by atoms with van der Waals surface area (Å²) in [6.07, 6.45) is 7.18. The van der Waals surface area contributed by atoms with E-state index in [-0.39, 0.29) is 0 Å². The maximum atomic E-state index is 2.28. The minimum absolute atomic E-state index is 1.40. The van der Waals surface area contributed by atoms with Gasteiger partial charge in [0.15, 0.2) is 0 Å². The maximum Gasteiger partial charge on any atom is 0.0897 e. The summed E-state index contributed by atoms with van der Waals surface area (Å²) in [4.78, 5) is 0. The molecule has 0 aromatic rings. The molecular weight excluding hydrogens is 84.1 g/mol. The maximum absolute atomic E-state index is 2.28. The van der Waals surface area contributed by atoms with Gasteiger partial charge in [-0.1, -0.05) is 0 Å². The summed E-state index contributed by atoms with van der Waals surface area (Å²) in [5, 5.41) is 0. The van der Waals surface area contributed by atoms with Gasteiger partial charge >= 0.3 is 0 Å². The fourth-order valence-electron chi connectivity index (χ4n) is 1.16. The lowest BCUT2D eigenvalue weighted by atomic mass is 9.91. The molecule has 1 rings (SSSR count). The number of hydrogen-bond acceptors (Lipinski definition) is 0. The summed E-state index contributed by atoms with van der Waals surface area (Å²) >= 11 is 0. The van der Waals surface area contributed by atoms with Crippen LogP contribution >= 0.6 is 0 Å². The van der Waals surface area contributed by atoms with Gasteiger partial charge in [0.25, 0.3) is 0 Å². The molecule has 0 heterocycles. The lowest BCUT2D eigenvalue weighted by Gasteiger charge is -2.06. The predicted molar refractivity (Wildman–Crippen MR) is 32.0 cm³/mol. The lowest BCUT2D eigenvalue weighted by molar-refractivity contribution is 0.539. The highest BCUT2D eigenvalue weighted by Gasteiger charge is 2.16. The van der Waals surface area contributed by atoms with E-state index in [1.165, 1.54) is 32.1 Å². The van der Waals surface area contributed by atoms with Crippen LogP contribution in [0.25, 0.3) is 0 Å². The molecular formula is C7H13+. The zero-order chi connectivity index (χ0) is 5.11. The summed E-state index contributed by atoms with van der Waals surface area (Å²) < 4.78 is 0. The van der Waals surface area contributed by atoms with E-state index < -0.39 is 0 Å². The van der Waals surface area contributed by atoms with Crippen LogP contribution in [0.1, 0.15) is 39.0 Å². The third-order valence-electron chi connectivity index (χ3n) is 1.71. The first-order valence-electron chi connectivity index (χ1n) is 3.21. The fourth-order valence-corrected chi connectivity index (χ4v) is 1.16. The van der Waals surface area contributed by atoms with Gasteiger partial charge in [0.05, 0.1) is 25.7 Å². The van der Waals surface area contributed by atoms with Crippen molar-refractivity contribution in [3.8, 4) is 0 Å². The molecule has 40 valence electrons. The molecule has 0 aromatic heterocycles. The third-order valence-corrected chi connectivity index (χ3v) is 1.71. The third kappa shape index (κ3) is 1.42. The number of hydrogen-bond donors (Lipinski definition) is 0. The first kappa shape index (κ1) is 5.02. The highest BCUT2D eigenvalue weighted by atomic mass is 14.1. The van der Waals surface area contributed by atoms with Crippen molar-refractivity contribution in [1.82, 2.24) is 0 Å². The summed E-state index contributed by atoms with van der Waals surface area (Å²) in [7, 11) is 0. The van der Waals surface area contributed by atoms with Gasteiger partial charge in [-0.15, -0.1) is 0 Å². The smallest absolute Gasteiger partial charge is 0.0452 e. The van der Waals surface area contributed by atoms with Crippen molar-refractivity contribution >= 4 is 0 Å². The van der Waals surface area contributed by atoms with Gasteiger partial charge in [-0.2, -0.15) is 0 Å². The Hall–Kier alpha value is -0.130. The van der Waals surface area contributed by atoms with Gasteiger partial charge in [0.1, 0.15) is 0 Å². The van der Waals surface area contributed by atoms with Crippen LogP contribution in [-0.4, -0.2) is 0 Å². The Kier molecular flexibility index (Phi) is 1.61. The second kappa shape index (κ2) is 2.25. The summed E-state index contributed by atoms with van der Waals surface area (Å²) in [5.41, 5.74) is 0. The Labute approximate surface area is 45.9 Å². The van der Waals surface area contributed by atoms with Gasteiger partial charge in [0.2, 0.25) is 0 Å². The molecule has 1 fully saturated rings. The molecule has 0 unspecified atom stereocenters. The van der Waals surface area contributed by atoms with E-state index in [1.807, 2.05) is 0 Å². The first-order valence-corrected chi connectivity index (χ1v) is 3.21. The molecule has 0 bridgehead atoms. The summed E-state index contributed by atoms with van der Waals surface area (Å²) in [5.74, 6) is 1.71. The average Bonchev–Trinajstić information content (AvgIpc) is 1.69. The predicted octanol–water partition coefficient (Wildman–Crippen LogP) is 2.54. The molecule has 0 atom stereocenters. The molecule has 7 heavy (non-hydrogen) atoms. The monoisotopic (exact) mass is 97.1 g/mol. The minimum Gasteiger partial charge on any atom is -0.0452 e. The quantitative estimate of drug-likeness (QED) is 0.407. The minimum atomic E-state index is 1.40. The molecule has 0 radical (unpaired) electrons. The molecule has 1 aliphatic rings. The lowest BCUT2D eigenvalue weighted by Crippen LogP contribution is -1.97. The number of rotatable bonds is 0. The van der Waals surface area contributed by atoms with Crippen LogP contribution in [0, 0.1) is 5.92 Å². The van der Waals surface area contributed by atoms with E-state index in [9.17, 15) is 0 Å². The average molecular weight is 97.2 g/mol. The Balaban J connectivity index is 2.12. The zero-order valence-corrected chi connectivity index (χ0v) is 5.04. The highest BCUT2D eigenvalue weighted by Crippen LogP contribution is 2.23. The van der Waals surface area contributed by atoms with Crippen molar-refractivity contribution in [2.24, 2.45) is 0 Å². The Bertz CT molecular complexity index is 42.0. The fraction of sp³-hybridized carbons (Fsp3) is 0.857. The SMILES string of the molecule is C[C+]1CCCCC1. The summed E-state index contributed by atoms with van der Waals surface area (Å²) in [6, 6.07) is 0. The van der Waals surface area contributed by atoms with Crippen LogP contribution in [0.2, 0.25) is 0 Å². The van der Waals surface area contributed by atoms with Gasteiger partial charge in [-0.25, -0.2) is 0 Å². The van der Waals surface area contributed by atoms with Crippen molar-refractivity contribution in [3.05, 3.63) is 5.92 Å². The molecule has 1 aliphatic carbocycles. The second-order valence-corrected chi connectivity index (χ2v) is 2.52. The molecule has 0 aromatic carbocycles. The Morgan fingerprint density at radius 1 is 1.00 bits per heavy atom. The van der Waals surface area contributed by atoms with Gasteiger partial charge in [-0.3, -0.25) is 0 Å². The topological polar surface area (TPSA) is 0 Å². The van der Waals surface area contributed by atoms with Crippen LogP contribution in [0.4, 0.5) is 0 Å². The molecule has 0 aliphatic heterocycles. The van der Waals surface area contributed by atoms with Gasteiger partial charge < -0.3 is 0 Å². The zero-order valence-electron chi connectivity index (χ0n) is 5.04. The van der Waals surface area contributed by atoms with E-state index in [0.29, 0.717) is 0 Å². The van der Waals surface area contributed by atoms with E-state index in [2.05, 4.69) is 6.92 Å². The van der Waals surface area contributed by atoms with Crippen LogP contribution < -0.4 is 0 Å². The molecule has 0 spiro atoms. The van der Waals surface area contributed by atoms with Gasteiger partial charge in [-0.05, 0) is 19.3 Å². The van der Waals surface area contributed by atoms with Crippen LogP contribution in [0.5, 0.6) is 0 Å². The highest BCUT2D eigenvalue weighted by molar-refractivity contribution is 4.86. The van der Waals surface area contributed by atoms with Crippen LogP contribution in [-0.2, 0) is 0 Å². The molecule has 0 N–H and O–H groups in total. The normalized spacial score (nSPS) is 22.7. The van der Waals surface area contributed by atoms with E-state index in [4.69, 9.17) is 0 Å². The van der Waals surface area contributed by atoms with Crippen LogP contribution in [0.3, 0.4) is 0 Å². The Morgan fingerprint density at radius 2 is 1.57 bits per heavy atom. The van der Waals surface area contributed by atoms with E-state index >= 15 is 0 Å². The molecule has 0 amide bonds. The first-order chi connectivity index (χ1) is 3.39. The standard InChI is InChI=1S/C7H13/c1-7-5-3-2-4-6-7/h2-6H2,1H3/q+1. The molecule has 0 nitrogen and oxygen atoms in total. The largest absolute Gasteiger partial charge is 0.0897 e.